The van der Waals surface area contributed by atoms with Gasteiger partial charge in [-0.15, -0.1) is 11.3 Å². The number of H-pyrrole nitrogens is 1. The number of nitrogens with zero attached hydrogens (tertiary/aromatic N) is 2. The highest BCUT2D eigenvalue weighted by Crippen LogP contribution is 2.28. The Labute approximate surface area is 132 Å². The highest BCUT2D eigenvalue weighted by Gasteiger charge is 2.20. The predicted octanol–water partition coefficient (Wildman–Crippen LogP) is 3.16. The molecule has 0 fully saturated rings. The van der Waals surface area contributed by atoms with Crippen molar-refractivity contribution in [3.05, 3.63) is 56.2 Å². The molecular weight excluding hydrogens is 294 g/mol. The van der Waals surface area contributed by atoms with Crippen molar-refractivity contribution in [3.8, 4) is 0 Å². The Morgan fingerprint density at radius 3 is 2.82 bits per heavy atom. The van der Waals surface area contributed by atoms with Crippen LogP contribution in [-0.2, 0) is 13.0 Å². The van der Waals surface area contributed by atoms with E-state index in [9.17, 15) is 4.79 Å². The van der Waals surface area contributed by atoms with Gasteiger partial charge in [-0.2, -0.15) is 0 Å². The second kappa shape index (κ2) is 4.95. The summed E-state index contributed by atoms with van der Waals surface area (Å²) in [7, 11) is 0. The lowest BCUT2D eigenvalue weighted by atomic mass is 10.0. The molecule has 3 heterocycles. The molecule has 4 nitrogen and oxygen atoms in total. The Hall–Kier alpha value is -2.14. The van der Waals surface area contributed by atoms with Crippen LogP contribution in [0.1, 0.15) is 21.6 Å². The minimum atomic E-state index is -0.0277. The average molecular weight is 311 g/mol. The van der Waals surface area contributed by atoms with Crippen LogP contribution in [0, 0.1) is 13.8 Å². The van der Waals surface area contributed by atoms with Gasteiger partial charge in [0.15, 0.2) is 0 Å². The number of fused-ring (bicyclic) bond motifs is 2. The van der Waals surface area contributed by atoms with Crippen LogP contribution in [0.4, 0.5) is 5.95 Å². The standard InChI is InChI=1S/C17H17N3OS/c1-10-11(2)22-15-14(10)18-17(19-16(15)21)20-8-7-12-5-3-4-6-13(12)9-20/h3-6H,7-9H2,1-2H3,(H,18,19,21). The number of thiophene rings is 1. The Morgan fingerprint density at radius 2 is 2.00 bits per heavy atom. The molecule has 1 aliphatic rings. The first-order chi connectivity index (χ1) is 10.6. The average Bonchev–Trinajstić information content (AvgIpc) is 2.83. The molecule has 0 aliphatic carbocycles. The fraction of sp³-hybridized carbons (Fsp3) is 0.294. The number of rotatable bonds is 1. The van der Waals surface area contributed by atoms with Crippen molar-refractivity contribution in [2.24, 2.45) is 0 Å². The van der Waals surface area contributed by atoms with Crippen LogP contribution < -0.4 is 10.5 Å². The molecule has 0 atom stereocenters. The Kier molecular flexibility index (Phi) is 3.04. The molecule has 0 radical (unpaired) electrons. The molecular formula is C17H17N3OS. The van der Waals surface area contributed by atoms with Crippen molar-refractivity contribution >= 4 is 27.5 Å². The summed E-state index contributed by atoms with van der Waals surface area (Å²) >= 11 is 1.52. The fourth-order valence-corrected chi connectivity index (χ4v) is 4.02. The van der Waals surface area contributed by atoms with Gasteiger partial charge in [-0.05, 0) is 37.0 Å². The summed E-state index contributed by atoms with van der Waals surface area (Å²) < 4.78 is 0.733. The minimum Gasteiger partial charge on any atom is -0.338 e. The van der Waals surface area contributed by atoms with E-state index in [1.54, 1.807) is 0 Å². The Morgan fingerprint density at radius 1 is 1.23 bits per heavy atom. The number of hydrogen-bond acceptors (Lipinski definition) is 4. The summed E-state index contributed by atoms with van der Waals surface area (Å²) in [5.41, 5.74) is 4.64. The fourth-order valence-electron chi connectivity index (χ4n) is 3.02. The van der Waals surface area contributed by atoms with Gasteiger partial charge in [0.25, 0.3) is 5.56 Å². The van der Waals surface area contributed by atoms with Crippen LogP contribution in [0.25, 0.3) is 10.2 Å². The van der Waals surface area contributed by atoms with Gasteiger partial charge in [0.2, 0.25) is 5.95 Å². The number of aryl methyl sites for hydroxylation is 2. The molecule has 1 aromatic carbocycles. The third kappa shape index (κ3) is 2.04. The van der Waals surface area contributed by atoms with Crippen LogP contribution in [0.15, 0.2) is 29.1 Å². The molecule has 5 heteroatoms. The summed E-state index contributed by atoms with van der Waals surface area (Å²) in [6.45, 7) is 5.76. The molecule has 1 N–H and O–H groups in total. The van der Waals surface area contributed by atoms with Gasteiger partial charge in [0.05, 0.1) is 5.52 Å². The molecule has 0 saturated heterocycles. The highest BCUT2D eigenvalue weighted by atomic mass is 32.1. The lowest BCUT2D eigenvalue weighted by molar-refractivity contribution is 0.708. The molecule has 0 amide bonds. The second-order valence-electron chi connectivity index (χ2n) is 5.79. The van der Waals surface area contributed by atoms with Crippen LogP contribution >= 0.6 is 11.3 Å². The SMILES string of the molecule is Cc1sc2c(=O)[nH]c(N3CCc4ccccc4C3)nc2c1C. The molecule has 0 unspecified atom stereocenters. The van der Waals surface area contributed by atoms with Gasteiger partial charge in [-0.25, -0.2) is 4.98 Å². The van der Waals surface area contributed by atoms with E-state index in [-0.39, 0.29) is 5.56 Å². The maximum Gasteiger partial charge on any atom is 0.270 e. The number of aromatic amines is 1. The van der Waals surface area contributed by atoms with E-state index < -0.39 is 0 Å². The van der Waals surface area contributed by atoms with Gasteiger partial charge in [-0.1, -0.05) is 24.3 Å². The number of nitrogens with one attached hydrogen (secondary N) is 1. The summed E-state index contributed by atoms with van der Waals surface area (Å²) in [6, 6.07) is 8.47. The summed E-state index contributed by atoms with van der Waals surface area (Å²) in [6.07, 6.45) is 0.986. The number of anilines is 1. The topological polar surface area (TPSA) is 49.0 Å². The molecule has 2 aromatic heterocycles. The van der Waals surface area contributed by atoms with Gasteiger partial charge in [0.1, 0.15) is 4.70 Å². The highest BCUT2D eigenvalue weighted by molar-refractivity contribution is 7.19. The molecule has 0 saturated carbocycles. The first kappa shape index (κ1) is 13.5. The molecule has 0 bridgehead atoms. The van der Waals surface area contributed by atoms with Crippen molar-refractivity contribution in [2.45, 2.75) is 26.8 Å². The van der Waals surface area contributed by atoms with E-state index in [4.69, 9.17) is 4.98 Å². The van der Waals surface area contributed by atoms with Crippen molar-refractivity contribution < 1.29 is 0 Å². The van der Waals surface area contributed by atoms with E-state index in [0.717, 1.165) is 40.2 Å². The van der Waals surface area contributed by atoms with Gasteiger partial charge in [-0.3, -0.25) is 9.78 Å². The predicted molar refractivity (Wildman–Crippen MR) is 90.9 cm³/mol. The van der Waals surface area contributed by atoms with Crippen molar-refractivity contribution in [2.75, 3.05) is 11.4 Å². The first-order valence-electron chi connectivity index (χ1n) is 7.45. The minimum absolute atomic E-state index is 0.0277. The monoisotopic (exact) mass is 311 g/mol. The van der Waals surface area contributed by atoms with E-state index >= 15 is 0 Å². The number of benzene rings is 1. The zero-order valence-electron chi connectivity index (χ0n) is 12.6. The second-order valence-corrected chi connectivity index (χ2v) is 7.02. The quantitative estimate of drug-likeness (QED) is 0.751. The summed E-state index contributed by atoms with van der Waals surface area (Å²) in [5, 5.41) is 0. The summed E-state index contributed by atoms with van der Waals surface area (Å²) in [5.74, 6) is 0.688. The van der Waals surface area contributed by atoms with Crippen LogP contribution in [-0.4, -0.2) is 16.5 Å². The van der Waals surface area contributed by atoms with Crippen LogP contribution in [0.2, 0.25) is 0 Å². The van der Waals surface area contributed by atoms with Gasteiger partial charge in [0, 0.05) is 18.0 Å². The number of hydrogen-bond donors (Lipinski definition) is 1. The third-order valence-corrected chi connectivity index (χ3v) is 5.63. The smallest absolute Gasteiger partial charge is 0.270 e. The molecule has 22 heavy (non-hydrogen) atoms. The van der Waals surface area contributed by atoms with Crippen LogP contribution in [0.3, 0.4) is 0 Å². The van der Waals surface area contributed by atoms with Gasteiger partial charge >= 0.3 is 0 Å². The third-order valence-electron chi connectivity index (χ3n) is 4.43. The first-order valence-corrected chi connectivity index (χ1v) is 8.27. The molecule has 1 aliphatic heterocycles. The molecule has 3 aromatic rings. The lowest BCUT2D eigenvalue weighted by Crippen LogP contribution is -2.33. The summed E-state index contributed by atoms with van der Waals surface area (Å²) in [4.78, 5) is 23.4. The lowest BCUT2D eigenvalue weighted by Gasteiger charge is -2.29. The van der Waals surface area contributed by atoms with Crippen molar-refractivity contribution in [1.82, 2.24) is 9.97 Å². The normalized spacial score (nSPS) is 14.4. The van der Waals surface area contributed by atoms with Crippen molar-refractivity contribution in [1.29, 1.82) is 0 Å². The Balaban J connectivity index is 1.79. The number of aromatic nitrogens is 2. The molecule has 0 spiro atoms. The van der Waals surface area contributed by atoms with Gasteiger partial charge < -0.3 is 4.90 Å². The van der Waals surface area contributed by atoms with E-state index in [1.807, 2.05) is 13.8 Å². The maximum absolute atomic E-state index is 12.3. The largest absolute Gasteiger partial charge is 0.338 e. The van der Waals surface area contributed by atoms with E-state index in [2.05, 4.69) is 34.1 Å². The zero-order chi connectivity index (χ0) is 15.3. The van der Waals surface area contributed by atoms with Crippen LogP contribution in [0.5, 0.6) is 0 Å². The maximum atomic E-state index is 12.3. The van der Waals surface area contributed by atoms with E-state index in [0.29, 0.717) is 5.95 Å². The molecule has 112 valence electrons. The molecule has 4 rings (SSSR count). The Bertz CT molecular complexity index is 925. The zero-order valence-corrected chi connectivity index (χ0v) is 13.5. The van der Waals surface area contributed by atoms with E-state index in [1.165, 1.54) is 22.5 Å². The van der Waals surface area contributed by atoms with Crippen molar-refractivity contribution in [3.63, 3.8) is 0 Å².